The first-order valence-corrected chi connectivity index (χ1v) is 10.5. The highest BCUT2D eigenvalue weighted by molar-refractivity contribution is 7.13. The molecule has 0 bridgehead atoms. The highest BCUT2D eigenvalue weighted by Crippen LogP contribution is 2.27. The first kappa shape index (κ1) is 19.9. The van der Waals surface area contributed by atoms with Crippen molar-refractivity contribution in [2.75, 3.05) is 13.1 Å². The van der Waals surface area contributed by atoms with Gasteiger partial charge in [-0.15, -0.1) is 21.6 Å². The summed E-state index contributed by atoms with van der Waals surface area (Å²) in [6.07, 6.45) is 8.76. The molecule has 4 rings (SSSR count). The predicted molar refractivity (Wildman–Crippen MR) is 110 cm³/mol. The van der Waals surface area contributed by atoms with Gasteiger partial charge >= 0.3 is 0 Å². The van der Waals surface area contributed by atoms with E-state index in [0.29, 0.717) is 43.5 Å². The molecule has 0 saturated heterocycles. The van der Waals surface area contributed by atoms with Crippen LogP contribution in [-0.2, 0) is 16.0 Å². The number of rotatable bonds is 9. The van der Waals surface area contributed by atoms with Gasteiger partial charge in [-0.05, 0) is 17.9 Å². The lowest BCUT2D eigenvalue weighted by atomic mass is 9.93. The van der Waals surface area contributed by atoms with Gasteiger partial charge in [-0.25, -0.2) is 0 Å². The van der Waals surface area contributed by atoms with E-state index in [1.165, 1.54) is 11.3 Å². The van der Waals surface area contributed by atoms with E-state index in [9.17, 15) is 9.59 Å². The zero-order chi connectivity index (χ0) is 20.8. The van der Waals surface area contributed by atoms with Crippen LogP contribution in [0.5, 0.6) is 0 Å². The molecule has 1 atom stereocenters. The highest BCUT2D eigenvalue weighted by Gasteiger charge is 2.26. The standard InChI is InChI=1S/C20H20N6O3S/c27-16(8-9-17-23-19(26-29-17)15-7-3-12-30-15)21-10-4-11-22-18-13-5-1-2-6-14(13)20(28)25-24-18/h1-3,5-7,12,14,22H,4,8-11H2,(H,21,27). The molecule has 9 nitrogen and oxygen atoms in total. The maximum absolute atomic E-state index is 12.0. The molecule has 0 saturated carbocycles. The average Bonchev–Trinajstić information content (AvgIpc) is 3.45. The van der Waals surface area contributed by atoms with E-state index in [0.717, 1.165) is 10.5 Å². The lowest BCUT2D eigenvalue weighted by Crippen LogP contribution is -2.28. The number of aromatic nitrogens is 2. The van der Waals surface area contributed by atoms with Crippen LogP contribution in [0, 0.1) is 5.92 Å². The van der Waals surface area contributed by atoms with Crippen LogP contribution in [0.3, 0.4) is 0 Å². The molecule has 154 valence electrons. The van der Waals surface area contributed by atoms with Crippen molar-refractivity contribution in [2.24, 2.45) is 16.1 Å². The van der Waals surface area contributed by atoms with Gasteiger partial charge in [0, 0.05) is 31.5 Å². The fraction of sp³-hybridized carbons (Fsp3) is 0.300. The fourth-order valence-electron chi connectivity index (χ4n) is 3.03. The van der Waals surface area contributed by atoms with Crippen LogP contribution in [0.25, 0.3) is 10.7 Å². The van der Waals surface area contributed by atoms with Crippen LogP contribution in [-0.4, -0.2) is 35.0 Å². The molecule has 2 aliphatic rings. The van der Waals surface area contributed by atoms with Gasteiger partial charge in [0.25, 0.3) is 5.91 Å². The normalized spacial score (nSPS) is 17.3. The van der Waals surface area contributed by atoms with E-state index in [2.05, 4.69) is 31.0 Å². The number of hydrogen-bond acceptors (Lipinski definition) is 8. The van der Waals surface area contributed by atoms with E-state index < -0.39 is 0 Å². The van der Waals surface area contributed by atoms with Crippen molar-refractivity contribution < 1.29 is 14.1 Å². The molecule has 1 aliphatic heterocycles. The van der Waals surface area contributed by atoms with Crippen LogP contribution in [0.1, 0.15) is 18.7 Å². The lowest BCUT2D eigenvalue weighted by Gasteiger charge is -2.20. The van der Waals surface area contributed by atoms with E-state index in [1.807, 2.05) is 41.8 Å². The number of carbonyl (C=O) groups is 2. The number of nitrogens with one attached hydrogen (secondary N) is 2. The number of hydrogen-bond donors (Lipinski definition) is 2. The van der Waals surface area contributed by atoms with Gasteiger partial charge in [-0.2, -0.15) is 4.98 Å². The molecule has 3 heterocycles. The Morgan fingerprint density at radius 3 is 3.03 bits per heavy atom. The van der Waals surface area contributed by atoms with Crippen LogP contribution in [0.15, 0.2) is 68.0 Å². The third-order valence-corrected chi connectivity index (χ3v) is 5.42. The van der Waals surface area contributed by atoms with Crippen LogP contribution >= 0.6 is 11.3 Å². The molecule has 0 radical (unpaired) electrons. The summed E-state index contributed by atoms with van der Waals surface area (Å²) < 4.78 is 5.20. The summed E-state index contributed by atoms with van der Waals surface area (Å²) in [5.41, 5.74) is 0.822. The zero-order valence-corrected chi connectivity index (χ0v) is 16.9. The molecule has 10 heteroatoms. The Hall–Kier alpha value is -3.40. The second-order valence-corrected chi connectivity index (χ2v) is 7.63. The average molecular weight is 424 g/mol. The molecule has 2 aromatic rings. The molecule has 1 aliphatic carbocycles. The minimum Gasteiger partial charge on any atom is -0.368 e. The summed E-state index contributed by atoms with van der Waals surface area (Å²) in [6.45, 7) is 1.12. The number of azo groups is 1. The molecule has 2 N–H and O–H groups in total. The summed E-state index contributed by atoms with van der Waals surface area (Å²) in [4.78, 5) is 29.0. The number of allylic oxidation sites excluding steroid dienone is 3. The number of amides is 2. The molecular formula is C20H20N6O3S. The number of fused-ring (bicyclic) bond motifs is 1. The van der Waals surface area contributed by atoms with Crippen molar-refractivity contribution in [2.45, 2.75) is 19.3 Å². The van der Waals surface area contributed by atoms with Gasteiger partial charge in [0.2, 0.25) is 17.6 Å². The Kier molecular flexibility index (Phi) is 6.23. The fourth-order valence-corrected chi connectivity index (χ4v) is 3.68. The van der Waals surface area contributed by atoms with Crippen LogP contribution in [0.2, 0.25) is 0 Å². The largest absolute Gasteiger partial charge is 0.368 e. The smallest absolute Gasteiger partial charge is 0.276 e. The van der Waals surface area contributed by atoms with Gasteiger partial charge in [0.05, 0.1) is 10.8 Å². The molecule has 0 fully saturated rings. The van der Waals surface area contributed by atoms with E-state index in [4.69, 9.17) is 4.52 Å². The number of thiophene rings is 1. The Morgan fingerprint density at radius 1 is 1.23 bits per heavy atom. The van der Waals surface area contributed by atoms with Crippen molar-refractivity contribution in [3.63, 3.8) is 0 Å². The van der Waals surface area contributed by atoms with E-state index >= 15 is 0 Å². The first-order chi connectivity index (χ1) is 14.7. The Labute approximate surface area is 176 Å². The molecular weight excluding hydrogens is 404 g/mol. The number of nitrogens with zero attached hydrogens (tertiary/aromatic N) is 4. The second kappa shape index (κ2) is 9.40. The third-order valence-electron chi connectivity index (χ3n) is 4.56. The summed E-state index contributed by atoms with van der Waals surface area (Å²) in [6, 6.07) is 3.85. The number of aryl methyl sites for hydroxylation is 1. The topological polar surface area (TPSA) is 122 Å². The predicted octanol–water partition coefficient (Wildman–Crippen LogP) is 2.77. The summed E-state index contributed by atoms with van der Waals surface area (Å²) in [5, 5.41) is 19.6. The van der Waals surface area contributed by atoms with Gasteiger partial charge < -0.3 is 15.2 Å². The van der Waals surface area contributed by atoms with Crippen molar-refractivity contribution in [1.29, 1.82) is 0 Å². The van der Waals surface area contributed by atoms with Gasteiger partial charge in [-0.1, -0.05) is 35.5 Å². The maximum Gasteiger partial charge on any atom is 0.276 e. The lowest BCUT2D eigenvalue weighted by molar-refractivity contribution is -0.121. The molecule has 1 unspecified atom stereocenters. The third kappa shape index (κ3) is 4.77. The Bertz CT molecular complexity index is 1030. The zero-order valence-electron chi connectivity index (χ0n) is 16.1. The van der Waals surface area contributed by atoms with Crippen LogP contribution in [0.4, 0.5) is 0 Å². The van der Waals surface area contributed by atoms with Crippen molar-refractivity contribution >= 4 is 23.2 Å². The highest BCUT2D eigenvalue weighted by atomic mass is 32.1. The maximum atomic E-state index is 12.0. The first-order valence-electron chi connectivity index (χ1n) is 9.62. The quantitative estimate of drug-likeness (QED) is 0.597. The Morgan fingerprint density at radius 2 is 2.17 bits per heavy atom. The molecule has 0 aromatic carbocycles. The van der Waals surface area contributed by atoms with Crippen molar-refractivity contribution in [3.05, 3.63) is 59.1 Å². The molecule has 2 aromatic heterocycles. The van der Waals surface area contributed by atoms with Gasteiger partial charge in [0.1, 0.15) is 0 Å². The summed E-state index contributed by atoms with van der Waals surface area (Å²) in [7, 11) is 0. The molecule has 0 spiro atoms. The van der Waals surface area contributed by atoms with E-state index in [1.54, 1.807) is 0 Å². The summed E-state index contributed by atoms with van der Waals surface area (Å²) >= 11 is 1.54. The SMILES string of the molecule is O=C(CCc1nc(-c2cccs2)no1)NCCCNC1=C2C=CC=CC2C(=O)N=N1. The van der Waals surface area contributed by atoms with Gasteiger partial charge in [0.15, 0.2) is 5.82 Å². The molecule has 30 heavy (non-hydrogen) atoms. The number of carbonyl (C=O) groups excluding carboxylic acids is 2. The van der Waals surface area contributed by atoms with E-state index in [-0.39, 0.29) is 24.2 Å². The van der Waals surface area contributed by atoms with Crippen molar-refractivity contribution in [3.8, 4) is 10.7 Å². The minimum atomic E-state index is -0.361. The monoisotopic (exact) mass is 424 g/mol. The summed E-state index contributed by atoms with van der Waals surface area (Å²) in [5.74, 6) is 0.909. The van der Waals surface area contributed by atoms with Crippen molar-refractivity contribution in [1.82, 2.24) is 20.8 Å². The minimum absolute atomic E-state index is 0.0729. The van der Waals surface area contributed by atoms with Gasteiger partial charge in [-0.3, -0.25) is 9.59 Å². The van der Waals surface area contributed by atoms with Crippen LogP contribution < -0.4 is 10.6 Å². The second-order valence-electron chi connectivity index (χ2n) is 6.68. The Balaban J connectivity index is 1.15. The molecule has 2 amide bonds.